The summed E-state index contributed by atoms with van der Waals surface area (Å²) in [6.45, 7) is 1.89. The van der Waals surface area contributed by atoms with Crippen molar-refractivity contribution in [3.8, 4) is 0 Å². The normalized spacial score (nSPS) is 10.3. The van der Waals surface area contributed by atoms with Crippen LogP contribution in [0, 0.1) is 6.92 Å². The lowest BCUT2D eigenvalue weighted by Gasteiger charge is -2.05. The molecule has 1 amide bonds. The van der Waals surface area contributed by atoms with Crippen LogP contribution in [0.15, 0.2) is 30.6 Å². The van der Waals surface area contributed by atoms with Gasteiger partial charge in [-0.3, -0.25) is 9.78 Å². The molecule has 0 aliphatic carbocycles. The van der Waals surface area contributed by atoms with E-state index in [4.69, 9.17) is 23.2 Å². The molecule has 0 saturated heterocycles. The number of amides is 1. The minimum Gasteiger partial charge on any atom is -0.310 e. The van der Waals surface area contributed by atoms with Gasteiger partial charge in [0.25, 0.3) is 0 Å². The Labute approximate surface area is 120 Å². The number of halogens is 2. The quantitative estimate of drug-likeness (QED) is 0.945. The number of nitrogens with one attached hydrogen (secondary N) is 1. The van der Waals surface area contributed by atoms with E-state index in [1.807, 2.05) is 19.1 Å². The number of nitrogens with zero attached hydrogens (tertiary/aromatic N) is 2. The second kappa shape index (κ2) is 5.99. The molecule has 1 N–H and O–H groups in total. The molecule has 0 spiro atoms. The highest BCUT2D eigenvalue weighted by Crippen LogP contribution is 2.22. The number of carbonyl (C=O) groups excluding carboxylic acids is 1. The molecule has 0 aliphatic heterocycles. The lowest BCUT2D eigenvalue weighted by atomic mass is 10.2. The Bertz CT molecular complexity index is 599. The third-order valence-electron chi connectivity index (χ3n) is 2.41. The minimum absolute atomic E-state index is 0.184. The molecule has 0 aliphatic rings. The predicted octanol–water partition coefficient (Wildman–Crippen LogP) is 3.27. The number of carbonyl (C=O) groups is 1. The van der Waals surface area contributed by atoms with Crippen LogP contribution >= 0.6 is 23.2 Å². The molecule has 0 fully saturated rings. The van der Waals surface area contributed by atoms with E-state index >= 15 is 0 Å². The Morgan fingerprint density at radius 1 is 1.21 bits per heavy atom. The number of anilines is 1. The molecule has 0 aromatic carbocycles. The van der Waals surface area contributed by atoms with Crippen molar-refractivity contribution in [2.45, 2.75) is 13.3 Å². The van der Waals surface area contributed by atoms with Gasteiger partial charge in [-0.1, -0.05) is 29.3 Å². The van der Waals surface area contributed by atoms with Gasteiger partial charge in [-0.15, -0.1) is 0 Å². The summed E-state index contributed by atoms with van der Waals surface area (Å²) < 4.78 is 0. The molecule has 2 aromatic heterocycles. The average Bonchev–Trinajstić information content (AvgIpc) is 2.37. The van der Waals surface area contributed by atoms with Gasteiger partial charge in [-0.05, 0) is 18.6 Å². The summed E-state index contributed by atoms with van der Waals surface area (Å²) in [5.74, 6) is 0.191. The van der Waals surface area contributed by atoms with E-state index in [2.05, 4.69) is 15.3 Å². The molecular weight excluding hydrogens is 285 g/mol. The highest BCUT2D eigenvalue weighted by Gasteiger charge is 2.07. The third-order valence-corrected chi connectivity index (χ3v) is 3.12. The van der Waals surface area contributed by atoms with Crippen LogP contribution in [0.2, 0.25) is 10.0 Å². The zero-order valence-electron chi connectivity index (χ0n) is 10.2. The Morgan fingerprint density at radius 3 is 2.63 bits per heavy atom. The molecule has 19 heavy (non-hydrogen) atoms. The summed E-state index contributed by atoms with van der Waals surface area (Å²) in [7, 11) is 0. The fourth-order valence-electron chi connectivity index (χ4n) is 1.46. The molecule has 0 atom stereocenters. The maximum absolute atomic E-state index is 11.8. The van der Waals surface area contributed by atoms with Crippen molar-refractivity contribution in [2.75, 3.05) is 5.32 Å². The van der Waals surface area contributed by atoms with E-state index in [1.54, 1.807) is 6.20 Å². The van der Waals surface area contributed by atoms with Gasteiger partial charge in [-0.25, -0.2) is 4.98 Å². The zero-order chi connectivity index (χ0) is 13.8. The second-order valence-electron chi connectivity index (χ2n) is 4.02. The number of rotatable bonds is 3. The molecule has 0 radical (unpaired) electrons. The van der Waals surface area contributed by atoms with Crippen LogP contribution in [0.1, 0.15) is 11.3 Å². The molecule has 6 heteroatoms. The molecule has 2 rings (SSSR count). The van der Waals surface area contributed by atoms with Crippen molar-refractivity contribution in [3.05, 3.63) is 51.9 Å². The maximum Gasteiger partial charge on any atom is 0.230 e. The monoisotopic (exact) mass is 295 g/mol. The van der Waals surface area contributed by atoms with E-state index < -0.39 is 0 Å². The topological polar surface area (TPSA) is 54.9 Å². The maximum atomic E-state index is 11.8. The molecule has 0 saturated carbocycles. The first-order valence-corrected chi connectivity index (χ1v) is 6.32. The summed E-state index contributed by atoms with van der Waals surface area (Å²) in [5, 5.41) is 3.35. The summed E-state index contributed by atoms with van der Waals surface area (Å²) >= 11 is 11.6. The first kappa shape index (κ1) is 13.8. The van der Waals surface area contributed by atoms with Gasteiger partial charge in [0.05, 0.1) is 16.5 Å². The number of hydrogen-bond donors (Lipinski definition) is 1. The van der Waals surface area contributed by atoms with Gasteiger partial charge < -0.3 is 5.32 Å². The van der Waals surface area contributed by atoms with Crippen molar-refractivity contribution in [2.24, 2.45) is 0 Å². The average molecular weight is 296 g/mol. The highest BCUT2D eigenvalue weighted by atomic mass is 35.5. The van der Waals surface area contributed by atoms with Crippen LogP contribution in [0.5, 0.6) is 0 Å². The van der Waals surface area contributed by atoms with Crippen molar-refractivity contribution in [3.63, 3.8) is 0 Å². The van der Waals surface area contributed by atoms with Crippen LogP contribution in [-0.2, 0) is 11.2 Å². The fraction of sp³-hybridized carbons (Fsp3) is 0.154. The molecule has 0 bridgehead atoms. The largest absolute Gasteiger partial charge is 0.310 e. The van der Waals surface area contributed by atoms with Gasteiger partial charge in [0.1, 0.15) is 5.82 Å². The van der Waals surface area contributed by atoms with Gasteiger partial charge in [-0.2, -0.15) is 0 Å². The van der Waals surface area contributed by atoms with E-state index in [1.165, 1.54) is 12.3 Å². The van der Waals surface area contributed by atoms with Gasteiger partial charge in [0.2, 0.25) is 5.91 Å². The van der Waals surface area contributed by atoms with Crippen LogP contribution in [0.25, 0.3) is 0 Å². The highest BCUT2D eigenvalue weighted by molar-refractivity contribution is 6.42. The molecule has 98 valence electrons. The van der Waals surface area contributed by atoms with E-state index in [-0.39, 0.29) is 12.3 Å². The molecule has 4 nitrogen and oxygen atoms in total. The van der Waals surface area contributed by atoms with Crippen molar-refractivity contribution in [1.29, 1.82) is 0 Å². The van der Waals surface area contributed by atoms with Crippen molar-refractivity contribution in [1.82, 2.24) is 9.97 Å². The Hall–Kier alpha value is -1.65. The smallest absolute Gasteiger partial charge is 0.230 e. The summed E-state index contributed by atoms with van der Waals surface area (Å²) in [5.41, 5.74) is 1.75. The lowest BCUT2D eigenvalue weighted by molar-refractivity contribution is -0.115. The Balaban J connectivity index is 2.01. The van der Waals surface area contributed by atoms with Gasteiger partial charge >= 0.3 is 0 Å². The third kappa shape index (κ3) is 3.91. The standard InChI is InChI=1S/C13H11Cl2N3O/c1-8-2-3-9(6-16-8)4-13(19)18-12-5-10(14)11(15)7-17-12/h2-3,5-7H,4H2,1H3,(H,17,18,19). The fourth-order valence-corrected chi connectivity index (χ4v) is 1.71. The van der Waals surface area contributed by atoms with Gasteiger partial charge in [0, 0.05) is 24.2 Å². The van der Waals surface area contributed by atoms with E-state index in [0.29, 0.717) is 15.9 Å². The number of aryl methyl sites for hydroxylation is 1. The lowest BCUT2D eigenvalue weighted by Crippen LogP contribution is -2.15. The van der Waals surface area contributed by atoms with Crippen LogP contribution < -0.4 is 5.32 Å². The molecule has 2 heterocycles. The zero-order valence-corrected chi connectivity index (χ0v) is 11.7. The summed E-state index contributed by atoms with van der Waals surface area (Å²) in [6, 6.07) is 5.24. The number of hydrogen-bond acceptors (Lipinski definition) is 3. The molecule has 0 unspecified atom stereocenters. The van der Waals surface area contributed by atoms with Crippen molar-refractivity contribution >= 4 is 34.9 Å². The van der Waals surface area contributed by atoms with Crippen molar-refractivity contribution < 1.29 is 4.79 Å². The number of aromatic nitrogens is 2. The molecular formula is C13H11Cl2N3O. The van der Waals surface area contributed by atoms with Crippen LogP contribution in [0.4, 0.5) is 5.82 Å². The van der Waals surface area contributed by atoms with E-state index in [0.717, 1.165) is 11.3 Å². The molecule has 2 aromatic rings. The minimum atomic E-state index is -0.184. The summed E-state index contributed by atoms with van der Waals surface area (Å²) in [6.07, 6.45) is 3.30. The van der Waals surface area contributed by atoms with E-state index in [9.17, 15) is 4.79 Å². The number of pyridine rings is 2. The first-order chi connectivity index (χ1) is 9.04. The summed E-state index contributed by atoms with van der Waals surface area (Å²) in [4.78, 5) is 19.9. The van der Waals surface area contributed by atoms with Crippen LogP contribution in [0.3, 0.4) is 0 Å². The Morgan fingerprint density at radius 2 is 2.00 bits per heavy atom. The predicted molar refractivity (Wildman–Crippen MR) is 75.6 cm³/mol. The SMILES string of the molecule is Cc1ccc(CC(=O)Nc2cc(Cl)c(Cl)cn2)cn1. The first-order valence-electron chi connectivity index (χ1n) is 5.57. The van der Waals surface area contributed by atoms with Gasteiger partial charge in [0.15, 0.2) is 0 Å². The Kier molecular flexibility index (Phi) is 4.35. The van der Waals surface area contributed by atoms with Crippen LogP contribution in [-0.4, -0.2) is 15.9 Å². The second-order valence-corrected chi connectivity index (χ2v) is 4.83.